The van der Waals surface area contributed by atoms with Crippen LogP contribution in [-0.2, 0) is 25.9 Å². The number of para-hydroxylation sites is 2. The maximum atomic E-state index is 6.23. The summed E-state index contributed by atoms with van der Waals surface area (Å²) in [6, 6.07) is 15.3. The van der Waals surface area contributed by atoms with E-state index in [4.69, 9.17) is 23.2 Å². The normalized spacial score (nSPS) is 11.5. The number of benzene rings is 2. The summed E-state index contributed by atoms with van der Waals surface area (Å²) in [6.07, 6.45) is 3.39. The molecule has 0 saturated carbocycles. The number of halogens is 2. The monoisotopic (exact) mass is 584 g/mol. The van der Waals surface area contributed by atoms with Crippen molar-refractivity contribution in [3.63, 3.8) is 0 Å². The van der Waals surface area contributed by atoms with Gasteiger partial charge in [-0.15, -0.1) is 20.4 Å². The first-order valence-corrected chi connectivity index (χ1v) is 14.4. The molecule has 0 aliphatic carbocycles. The molecule has 0 bridgehead atoms. The molecule has 0 amide bonds. The fourth-order valence-corrected chi connectivity index (χ4v) is 5.95. The van der Waals surface area contributed by atoms with E-state index in [1.54, 1.807) is 0 Å². The van der Waals surface area contributed by atoms with E-state index >= 15 is 0 Å². The summed E-state index contributed by atoms with van der Waals surface area (Å²) < 4.78 is 3.67. The van der Waals surface area contributed by atoms with E-state index in [9.17, 15) is 0 Å². The molecule has 0 fully saturated rings. The van der Waals surface area contributed by atoms with Gasteiger partial charge in [-0.3, -0.25) is 0 Å². The highest BCUT2D eigenvalue weighted by Crippen LogP contribution is 2.24. The minimum Gasteiger partial charge on any atom is -0.377 e. The molecule has 2 aromatic carbocycles. The Bertz CT molecular complexity index is 1560. The summed E-state index contributed by atoms with van der Waals surface area (Å²) in [7, 11) is 0. The molecule has 0 aliphatic rings. The maximum Gasteiger partial charge on any atom is 0.234 e. The zero-order chi connectivity index (χ0) is 25.9. The number of anilines is 2. The zero-order valence-electron chi connectivity index (χ0n) is 20.0. The number of hydrogen-bond donors (Lipinski definition) is 2. The quantitative estimate of drug-likeness (QED) is 0.184. The summed E-state index contributed by atoms with van der Waals surface area (Å²) in [5, 5.41) is 36.5. The van der Waals surface area contributed by atoms with Crippen LogP contribution in [0.4, 0.5) is 11.4 Å². The summed E-state index contributed by atoms with van der Waals surface area (Å²) in [5.41, 5.74) is 1.76. The Hall–Kier alpha value is -3.32. The lowest BCUT2D eigenvalue weighted by Gasteiger charge is -2.05. The summed E-state index contributed by atoms with van der Waals surface area (Å²) in [5.74, 6) is 1.71. The van der Waals surface area contributed by atoms with Gasteiger partial charge in [0.25, 0.3) is 0 Å². The lowest BCUT2D eigenvalue weighted by Crippen LogP contribution is -2.03. The Morgan fingerprint density at radius 3 is 1.53 bits per heavy atom. The molecule has 0 radical (unpaired) electrons. The standard InChI is InChI=1S/C24H22Cl2N10S2/c25-15-7-1-3-9-17(15)27-13-21-33-35-19(29-31-23(35)37-21)11-5-6-12-20-30-32-24-36(20)34-22(38-24)14-28-18-10-4-2-8-16(18)26/h1-4,7-10,27-28H,5-6,11-14H2. The fraction of sp³-hybridized carbons (Fsp3) is 0.250. The van der Waals surface area contributed by atoms with Crippen molar-refractivity contribution in [2.75, 3.05) is 10.6 Å². The van der Waals surface area contributed by atoms with Gasteiger partial charge in [0, 0.05) is 12.8 Å². The van der Waals surface area contributed by atoms with Crippen molar-refractivity contribution in [3.05, 3.63) is 80.2 Å². The van der Waals surface area contributed by atoms with Gasteiger partial charge in [-0.2, -0.15) is 19.2 Å². The predicted molar refractivity (Wildman–Crippen MR) is 152 cm³/mol. The Morgan fingerprint density at radius 2 is 1.08 bits per heavy atom. The molecule has 2 N–H and O–H groups in total. The number of aryl methyl sites for hydroxylation is 2. The van der Waals surface area contributed by atoms with E-state index in [1.165, 1.54) is 22.7 Å². The van der Waals surface area contributed by atoms with Crippen LogP contribution in [0.1, 0.15) is 34.5 Å². The van der Waals surface area contributed by atoms with E-state index in [0.29, 0.717) is 23.1 Å². The van der Waals surface area contributed by atoms with E-state index < -0.39 is 0 Å². The van der Waals surface area contributed by atoms with Crippen LogP contribution in [-0.4, -0.2) is 39.6 Å². The molecule has 0 spiro atoms. The minimum absolute atomic E-state index is 0.573. The number of unbranched alkanes of at least 4 members (excludes halogenated alkanes) is 1. The average Bonchev–Trinajstić information content (AvgIpc) is 3.68. The number of fused-ring (bicyclic) bond motifs is 2. The van der Waals surface area contributed by atoms with Crippen LogP contribution < -0.4 is 10.6 Å². The lowest BCUT2D eigenvalue weighted by molar-refractivity contribution is 0.658. The zero-order valence-corrected chi connectivity index (χ0v) is 23.2. The van der Waals surface area contributed by atoms with E-state index in [1.807, 2.05) is 57.6 Å². The first-order chi connectivity index (χ1) is 18.6. The Kier molecular flexibility index (Phi) is 7.36. The predicted octanol–water partition coefficient (Wildman–Crippen LogP) is 5.78. The third kappa shape index (κ3) is 5.44. The van der Waals surface area contributed by atoms with Crippen LogP contribution in [0.5, 0.6) is 0 Å². The van der Waals surface area contributed by atoms with Crippen molar-refractivity contribution in [2.45, 2.75) is 38.8 Å². The Morgan fingerprint density at radius 1 is 0.632 bits per heavy atom. The van der Waals surface area contributed by atoms with Crippen molar-refractivity contribution in [1.82, 2.24) is 39.6 Å². The van der Waals surface area contributed by atoms with E-state index in [2.05, 4.69) is 41.2 Å². The molecule has 0 saturated heterocycles. The van der Waals surface area contributed by atoms with Crippen LogP contribution in [0.3, 0.4) is 0 Å². The third-order valence-corrected chi connectivity index (χ3v) is 8.31. The number of aromatic nitrogens is 8. The van der Waals surface area contributed by atoms with E-state index in [-0.39, 0.29) is 0 Å². The number of nitrogens with zero attached hydrogens (tertiary/aromatic N) is 8. The van der Waals surface area contributed by atoms with Crippen molar-refractivity contribution in [1.29, 1.82) is 0 Å². The van der Waals surface area contributed by atoms with E-state index in [0.717, 1.165) is 68.6 Å². The molecule has 10 nitrogen and oxygen atoms in total. The average molecular weight is 586 g/mol. The summed E-state index contributed by atoms with van der Waals surface area (Å²) in [6.45, 7) is 1.15. The molecule has 4 heterocycles. The number of hydrogen-bond acceptors (Lipinski definition) is 10. The minimum atomic E-state index is 0.573. The molecular formula is C24H22Cl2N10S2. The van der Waals surface area contributed by atoms with Gasteiger partial charge in [-0.05, 0) is 37.1 Å². The molecule has 4 aromatic heterocycles. The van der Waals surface area contributed by atoms with Crippen molar-refractivity contribution >= 4 is 67.2 Å². The van der Waals surface area contributed by atoms with Gasteiger partial charge in [0.2, 0.25) is 9.92 Å². The fourth-order valence-electron chi connectivity index (χ4n) is 3.97. The molecular weight excluding hydrogens is 563 g/mol. The van der Waals surface area contributed by atoms with Crippen LogP contribution in [0.25, 0.3) is 9.92 Å². The van der Waals surface area contributed by atoms with Gasteiger partial charge in [-0.25, -0.2) is 0 Å². The molecule has 194 valence electrons. The largest absolute Gasteiger partial charge is 0.377 e. The van der Waals surface area contributed by atoms with Gasteiger partial charge in [0.15, 0.2) is 11.6 Å². The third-order valence-electron chi connectivity index (χ3n) is 5.85. The first-order valence-electron chi connectivity index (χ1n) is 12.0. The summed E-state index contributed by atoms with van der Waals surface area (Å²) >= 11 is 15.5. The van der Waals surface area contributed by atoms with Crippen molar-refractivity contribution in [3.8, 4) is 0 Å². The second-order valence-corrected chi connectivity index (χ2v) is 11.4. The highest BCUT2D eigenvalue weighted by molar-refractivity contribution is 7.17. The van der Waals surface area contributed by atoms with Crippen LogP contribution >= 0.6 is 45.9 Å². The van der Waals surface area contributed by atoms with Gasteiger partial charge < -0.3 is 10.6 Å². The second-order valence-electron chi connectivity index (χ2n) is 8.49. The van der Waals surface area contributed by atoms with Gasteiger partial charge in [-0.1, -0.05) is 70.1 Å². The van der Waals surface area contributed by atoms with Crippen molar-refractivity contribution in [2.24, 2.45) is 0 Å². The van der Waals surface area contributed by atoms with Gasteiger partial charge in [0.1, 0.15) is 10.0 Å². The molecule has 14 heteroatoms. The topological polar surface area (TPSA) is 110 Å². The number of rotatable bonds is 11. The number of nitrogens with one attached hydrogen (secondary N) is 2. The Balaban J connectivity index is 1.02. The molecule has 0 aliphatic heterocycles. The van der Waals surface area contributed by atoms with Gasteiger partial charge >= 0.3 is 0 Å². The molecule has 6 rings (SSSR count). The molecule has 6 aromatic rings. The summed E-state index contributed by atoms with van der Waals surface area (Å²) in [4.78, 5) is 1.58. The maximum absolute atomic E-state index is 6.23. The van der Waals surface area contributed by atoms with Crippen LogP contribution in [0, 0.1) is 0 Å². The molecule has 0 unspecified atom stereocenters. The smallest absolute Gasteiger partial charge is 0.234 e. The first kappa shape index (κ1) is 25.0. The molecule has 0 atom stereocenters. The highest BCUT2D eigenvalue weighted by Gasteiger charge is 2.14. The van der Waals surface area contributed by atoms with Gasteiger partial charge in [0.05, 0.1) is 34.5 Å². The van der Waals surface area contributed by atoms with Crippen molar-refractivity contribution < 1.29 is 0 Å². The highest BCUT2D eigenvalue weighted by atomic mass is 35.5. The van der Waals surface area contributed by atoms with Crippen LogP contribution in [0.2, 0.25) is 10.0 Å². The SMILES string of the molecule is Clc1ccccc1NCc1nn2c(CCCCc3nnc4sc(CNc5ccccc5Cl)nn34)nnc2s1. The van der Waals surface area contributed by atoms with Crippen LogP contribution in [0.15, 0.2) is 48.5 Å². The second kappa shape index (κ2) is 11.2. The lowest BCUT2D eigenvalue weighted by atomic mass is 10.2. The Labute approximate surface area is 235 Å². The molecule has 38 heavy (non-hydrogen) atoms.